The lowest BCUT2D eigenvalue weighted by molar-refractivity contribution is -0.123. The highest BCUT2D eigenvalue weighted by atomic mass is 19.4. The number of urea groups is 1. The minimum absolute atomic E-state index is 0.313. The molecule has 3 N–H and O–H groups in total. The molecule has 1 aliphatic rings. The number of hydrogen-bond acceptors (Lipinski definition) is 2. The molecule has 7 heteroatoms. The first-order valence-electron chi connectivity index (χ1n) is 4.64. The zero-order valence-electron chi connectivity index (χ0n) is 8.40. The quantitative estimate of drug-likeness (QED) is 0.726. The van der Waals surface area contributed by atoms with Crippen molar-refractivity contribution >= 4 is 6.03 Å². The van der Waals surface area contributed by atoms with E-state index in [0.717, 1.165) is 0 Å². The first-order valence-corrected chi connectivity index (χ1v) is 4.64. The van der Waals surface area contributed by atoms with E-state index in [1.165, 1.54) is 4.90 Å². The van der Waals surface area contributed by atoms with Gasteiger partial charge in [0, 0.05) is 13.1 Å². The predicted molar refractivity (Wildman–Crippen MR) is 48.2 cm³/mol. The molecule has 1 aliphatic heterocycles. The van der Waals surface area contributed by atoms with Crippen molar-refractivity contribution in [2.24, 2.45) is 5.73 Å². The van der Waals surface area contributed by atoms with Crippen molar-refractivity contribution in [2.75, 3.05) is 19.6 Å². The summed E-state index contributed by atoms with van der Waals surface area (Å²) in [5, 5.41) is 1.79. The molecular weight excluding hydrogens is 211 g/mol. The van der Waals surface area contributed by atoms with Crippen LogP contribution in [0.1, 0.15) is 13.3 Å². The van der Waals surface area contributed by atoms with Crippen LogP contribution in [0.15, 0.2) is 0 Å². The van der Waals surface area contributed by atoms with E-state index in [-0.39, 0.29) is 0 Å². The number of alkyl halides is 3. The number of hydrogen-bond donors (Lipinski definition) is 2. The van der Waals surface area contributed by atoms with Gasteiger partial charge < -0.3 is 16.0 Å². The van der Waals surface area contributed by atoms with Crippen LogP contribution in [-0.2, 0) is 0 Å². The number of nitrogens with zero attached hydrogens (tertiary/aromatic N) is 1. The third-order valence-corrected chi connectivity index (χ3v) is 2.44. The third kappa shape index (κ3) is 3.26. The van der Waals surface area contributed by atoms with E-state index in [1.807, 2.05) is 6.92 Å². The van der Waals surface area contributed by atoms with Crippen molar-refractivity contribution in [3.05, 3.63) is 0 Å². The van der Waals surface area contributed by atoms with Gasteiger partial charge in [0.05, 0.1) is 5.54 Å². The van der Waals surface area contributed by atoms with Crippen LogP contribution in [0, 0.1) is 0 Å². The Balaban J connectivity index is 2.27. The van der Waals surface area contributed by atoms with E-state index in [9.17, 15) is 18.0 Å². The number of likely N-dealkylation sites (tertiary alicyclic amines) is 1. The van der Waals surface area contributed by atoms with Crippen molar-refractivity contribution in [3.63, 3.8) is 0 Å². The topological polar surface area (TPSA) is 58.4 Å². The van der Waals surface area contributed by atoms with Crippen LogP contribution < -0.4 is 11.1 Å². The van der Waals surface area contributed by atoms with Gasteiger partial charge in [-0.2, -0.15) is 13.2 Å². The standard InChI is InChI=1S/C8H14F3N3O/c1-2-7(12)4-14(5-7)6(15)13-3-8(9,10)11/h2-5,12H2,1H3,(H,13,15). The molecule has 0 aromatic rings. The van der Waals surface area contributed by atoms with Crippen molar-refractivity contribution in [3.8, 4) is 0 Å². The fourth-order valence-electron chi connectivity index (χ4n) is 1.37. The molecule has 1 saturated heterocycles. The molecule has 0 aromatic carbocycles. The molecule has 0 bridgehead atoms. The Morgan fingerprint density at radius 3 is 2.47 bits per heavy atom. The largest absolute Gasteiger partial charge is 0.405 e. The summed E-state index contributed by atoms with van der Waals surface area (Å²) in [6.07, 6.45) is -3.67. The second-order valence-corrected chi connectivity index (χ2v) is 3.85. The van der Waals surface area contributed by atoms with Gasteiger partial charge in [-0.05, 0) is 6.42 Å². The van der Waals surface area contributed by atoms with Crippen molar-refractivity contribution in [1.29, 1.82) is 0 Å². The molecule has 0 radical (unpaired) electrons. The predicted octanol–water partition coefficient (Wildman–Crippen LogP) is 0.681. The summed E-state index contributed by atoms with van der Waals surface area (Å²) in [7, 11) is 0. The van der Waals surface area contributed by atoms with Gasteiger partial charge in [0.25, 0.3) is 0 Å². The lowest BCUT2D eigenvalue weighted by atomic mass is 9.89. The Labute approximate surface area is 85.6 Å². The van der Waals surface area contributed by atoms with Crippen LogP contribution in [0.25, 0.3) is 0 Å². The van der Waals surface area contributed by atoms with E-state index in [4.69, 9.17) is 5.73 Å². The maximum Gasteiger partial charge on any atom is 0.405 e. The summed E-state index contributed by atoms with van der Waals surface area (Å²) in [4.78, 5) is 12.4. The van der Waals surface area contributed by atoms with Gasteiger partial charge in [-0.3, -0.25) is 0 Å². The molecule has 1 rings (SSSR count). The zero-order chi connectivity index (χ0) is 11.7. The van der Waals surface area contributed by atoms with Crippen molar-refractivity contribution < 1.29 is 18.0 Å². The van der Waals surface area contributed by atoms with Crippen molar-refractivity contribution in [1.82, 2.24) is 10.2 Å². The summed E-state index contributed by atoms with van der Waals surface area (Å²) >= 11 is 0. The average molecular weight is 225 g/mol. The second kappa shape index (κ2) is 3.88. The molecule has 0 spiro atoms. The first-order chi connectivity index (χ1) is 6.76. The SMILES string of the molecule is CCC1(N)CN(C(=O)NCC(F)(F)F)C1. The van der Waals surface area contributed by atoms with Gasteiger partial charge in [-0.15, -0.1) is 0 Å². The van der Waals surface area contributed by atoms with Crippen LogP contribution >= 0.6 is 0 Å². The number of carbonyl (C=O) groups is 1. The van der Waals surface area contributed by atoms with Gasteiger partial charge in [0.2, 0.25) is 0 Å². The highest BCUT2D eigenvalue weighted by Crippen LogP contribution is 2.21. The minimum Gasteiger partial charge on any atom is -0.329 e. The number of nitrogens with two attached hydrogens (primary N) is 1. The summed E-state index contributed by atoms with van der Waals surface area (Å²) in [6.45, 7) is 1.21. The number of nitrogens with one attached hydrogen (secondary N) is 1. The maximum absolute atomic E-state index is 11.8. The zero-order valence-corrected chi connectivity index (χ0v) is 8.40. The van der Waals surface area contributed by atoms with Crippen molar-refractivity contribution in [2.45, 2.75) is 25.1 Å². The molecule has 88 valence electrons. The second-order valence-electron chi connectivity index (χ2n) is 3.85. The molecule has 0 saturated carbocycles. The smallest absolute Gasteiger partial charge is 0.329 e. The lowest BCUT2D eigenvalue weighted by Crippen LogP contribution is -2.69. The summed E-state index contributed by atoms with van der Waals surface area (Å²) < 4.78 is 35.3. The highest BCUT2D eigenvalue weighted by Gasteiger charge is 2.41. The molecule has 0 aliphatic carbocycles. The van der Waals surface area contributed by atoms with E-state index in [1.54, 1.807) is 5.32 Å². The van der Waals surface area contributed by atoms with Crippen LogP contribution in [0.2, 0.25) is 0 Å². The van der Waals surface area contributed by atoms with E-state index < -0.39 is 24.3 Å². The molecule has 0 atom stereocenters. The van der Waals surface area contributed by atoms with E-state index in [0.29, 0.717) is 19.5 Å². The van der Waals surface area contributed by atoms with Gasteiger partial charge >= 0.3 is 12.2 Å². The first kappa shape index (κ1) is 12.1. The highest BCUT2D eigenvalue weighted by molar-refractivity contribution is 5.75. The Morgan fingerprint density at radius 1 is 1.53 bits per heavy atom. The molecule has 15 heavy (non-hydrogen) atoms. The van der Waals surface area contributed by atoms with E-state index >= 15 is 0 Å². The Hall–Kier alpha value is -0.980. The van der Waals surface area contributed by atoms with Crippen LogP contribution in [-0.4, -0.2) is 42.3 Å². The molecule has 2 amide bonds. The number of halogens is 3. The summed E-state index contributed by atoms with van der Waals surface area (Å²) in [5.74, 6) is 0. The summed E-state index contributed by atoms with van der Waals surface area (Å²) in [5.41, 5.74) is 5.35. The number of rotatable bonds is 2. The van der Waals surface area contributed by atoms with E-state index in [2.05, 4.69) is 0 Å². The fraction of sp³-hybridized carbons (Fsp3) is 0.875. The van der Waals surface area contributed by atoms with Gasteiger partial charge in [0.15, 0.2) is 0 Å². The van der Waals surface area contributed by atoms with Gasteiger partial charge in [0.1, 0.15) is 6.54 Å². The Kier molecular flexibility index (Phi) is 3.13. The van der Waals surface area contributed by atoms with Crippen LogP contribution in [0.3, 0.4) is 0 Å². The molecule has 4 nitrogen and oxygen atoms in total. The molecule has 0 aromatic heterocycles. The van der Waals surface area contributed by atoms with Gasteiger partial charge in [-0.25, -0.2) is 4.79 Å². The summed E-state index contributed by atoms with van der Waals surface area (Å²) in [6, 6.07) is -0.707. The molecule has 1 fully saturated rings. The average Bonchev–Trinajstić information content (AvgIpc) is 2.08. The number of amides is 2. The normalized spacial score (nSPS) is 19.7. The minimum atomic E-state index is -4.37. The lowest BCUT2D eigenvalue weighted by Gasteiger charge is -2.47. The van der Waals surface area contributed by atoms with Gasteiger partial charge in [-0.1, -0.05) is 6.92 Å². The molecule has 0 unspecified atom stereocenters. The molecular formula is C8H14F3N3O. The molecule has 1 heterocycles. The van der Waals surface area contributed by atoms with Crippen LogP contribution in [0.4, 0.5) is 18.0 Å². The number of carbonyl (C=O) groups excluding carboxylic acids is 1. The maximum atomic E-state index is 11.8. The Morgan fingerprint density at radius 2 is 2.07 bits per heavy atom. The monoisotopic (exact) mass is 225 g/mol. The Bertz CT molecular complexity index is 248. The van der Waals surface area contributed by atoms with Crippen LogP contribution in [0.5, 0.6) is 0 Å². The third-order valence-electron chi connectivity index (χ3n) is 2.44. The fourth-order valence-corrected chi connectivity index (χ4v) is 1.37.